The van der Waals surface area contributed by atoms with E-state index in [0.717, 1.165) is 0 Å². The molecule has 0 atom stereocenters. The van der Waals surface area contributed by atoms with Gasteiger partial charge in [0.25, 0.3) is 0 Å². The van der Waals surface area contributed by atoms with Gasteiger partial charge in [-0.3, -0.25) is 18.4 Å². The number of carbonyl (C=O) groups excluding carboxylic acids is 1. The number of carbonyl (C=O) groups is 1. The second-order valence-electron chi connectivity index (χ2n) is 7.91. The monoisotopic (exact) mass is 348 g/mol. The Bertz CT molecular complexity index is 434. The molecule has 0 bridgehead atoms. The summed E-state index contributed by atoms with van der Waals surface area (Å²) in [6.45, 7) is 14.6. The largest absolute Gasteiger partial charge is 0.475 e. The first-order valence-corrected chi connectivity index (χ1v) is 10.0. The maximum Gasteiger partial charge on any atom is 0.475 e. The zero-order chi connectivity index (χ0) is 17.9. The minimum atomic E-state index is -3.60. The third-order valence-corrected chi connectivity index (χ3v) is 6.11. The molecule has 136 valence electrons. The van der Waals surface area contributed by atoms with Crippen molar-refractivity contribution in [1.29, 1.82) is 0 Å². The molecule has 0 radical (unpaired) electrons. The van der Waals surface area contributed by atoms with Crippen LogP contribution in [0.4, 0.5) is 0 Å². The Kier molecular flexibility index (Phi) is 7.04. The molecule has 0 aromatic rings. The lowest BCUT2D eigenvalue weighted by Gasteiger charge is -2.44. The Morgan fingerprint density at radius 2 is 1.65 bits per heavy atom. The number of Topliss-reactive ketones (excluding diaryl/α,β-unsaturated/α-hetero) is 1. The lowest BCUT2D eigenvalue weighted by molar-refractivity contribution is -0.122. The molecule has 0 aromatic carbocycles. The highest BCUT2D eigenvalue weighted by Gasteiger charge is 2.48. The molecule has 1 rings (SSSR count). The van der Waals surface area contributed by atoms with Gasteiger partial charge in [-0.2, -0.15) is 0 Å². The van der Waals surface area contributed by atoms with Crippen molar-refractivity contribution >= 4 is 13.6 Å². The molecule has 1 saturated heterocycles. The van der Waals surface area contributed by atoms with Crippen LogP contribution < -0.4 is 0 Å². The fourth-order valence-electron chi connectivity index (χ4n) is 2.86. The molecule has 0 saturated carbocycles. The topological polar surface area (TPSA) is 61.8 Å². The van der Waals surface area contributed by atoms with Gasteiger partial charge in [0, 0.05) is 18.3 Å². The van der Waals surface area contributed by atoms with Crippen molar-refractivity contribution in [3.63, 3.8) is 0 Å². The maximum absolute atomic E-state index is 12.9. The van der Waals surface area contributed by atoms with Crippen LogP contribution >= 0.6 is 7.82 Å². The lowest BCUT2D eigenvalue weighted by atomic mass is 9.76. The van der Waals surface area contributed by atoms with Crippen molar-refractivity contribution in [1.82, 2.24) is 0 Å². The van der Waals surface area contributed by atoms with Gasteiger partial charge in [-0.25, -0.2) is 4.57 Å². The summed E-state index contributed by atoms with van der Waals surface area (Å²) >= 11 is 0. The molecular weight excluding hydrogens is 315 g/mol. The van der Waals surface area contributed by atoms with Crippen LogP contribution in [0, 0.1) is 17.3 Å². The van der Waals surface area contributed by atoms with Gasteiger partial charge in [-0.05, 0) is 18.3 Å². The first-order chi connectivity index (χ1) is 10.5. The van der Waals surface area contributed by atoms with Crippen molar-refractivity contribution in [2.75, 3.05) is 13.2 Å². The van der Waals surface area contributed by atoms with Crippen molar-refractivity contribution in [3.8, 4) is 0 Å². The predicted octanol–water partition coefficient (Wildman–Crippen LogP) is 4.99. The van der Waals surface area contributed by atoms with E-state index in [4.69, 9.17) is 13.6 Å². The highest BCUT2D eigenvalue weighted by molar-refractivity contribution is 7.48. The average molecular weight is 348 g/mol. The van der Waals surface area contributed by atoms with E-state index in [1.54, 1.807) is 0 Å². The van der Waals surface area contributed by atoms with Gasteiger partial charge in [0.15, 0.2) is 0 Å². The zero-order valence-electron chi connectivity index (χ0n) is 15.7. The van der Waals surface area contributed by atoms with Crippen LogP contribution in [0.5, 0.6) is 0 Å². The molecule has 1 aliphatic rings. The van der Waals surface area contributed by atoms with Crippen molar-refractivity contribution in [2.45, 2.75) is 73.3 Å². The summed E-state index contributed by atoms with van der Waals surface area (Å²) in [6, 6.07) is 0. The molecule has 0 amide bonds. The maximum atomic E-state index is 12.9. The van der Waals surface area contributed by atoms with Crippen molar-refractivity contribution in [2.24, 2.45) is 17.3 Å². The third-order valence-electron chi connectivity index (χ3n) is 4.65. The summed E-state index contributed by atoms with van der Waals surface area (Å²) in [6.07, 6.45) is 1.44. The first-order valence-electron chi connectivity index (χ1n) is 8.58. The molecule has 23 heavy (non-hydrogen) atoms. The van der Waals surface area contributed by atoms with E-state index in [9.17, 15) is 9.36 Å². The van der Waals surface area contributed by atoms with Crippen LogP contribution in [0.25, 0.3) is 0 Å². The van der Waals surface area contributed by atoms with E-state index in [0.29, 0.717) is 32.5 Å². The second-order valence-corrected chi connectivity index (χ2v) is 9.50. The molecule has 0 N–H and O–H groups in total. The molecule has 0 spiro atoms. The third kappa shape index (κ3) is 5.38. The van der Waals surface area contributed by atoms with E-state index in [-0.39, 0.29) is 23.0 Å². The van der Waals surface area contributed by atoms with E-state index in [1.807, 2.05) is 48.5 Å². The molecule has 0 unspecified atom stereocenters. The first kappa shape index (κ1) is 20.8. The van der Waals surface area contributed by atoms with Gasteiger partial charge in [0.2, 0.25) is 0 Å². The summed E-state index contributed by atoms with van der Waals surface area (Å²) in [7, 11) is -3.60. The van der Waals surface area contributed by atoms with Crippen molar-refractivity contribution < 1.29 is 22.9 Å². The van der Waals surface area contributed by atoms with Crippen LogP contribution in [-0.2, 0) is 22.9 Å². The number of hydrogen-bond donors (Lipinski definition) is 0. The van der Waals surface area contributed by atoms with Gasteiger partial charge in [-0.15, -0.1) is 0 Å². The Labute approximate surface area is 141 Å². The van der Waals surface area contributed by atoms with Crippen LogP contribution in [0.15, 0.2) is 0 Å². The zero-order valence-corrected chi connectivity index (χ0v) is 16.6. The Morgan fingerprint density at radius 1 is 1.17 bits per heavy atom. The van der Waals surface area contributed by atoms with E-state index < -0.39 is 13.4 Å². The highest BCUT2D eigenvalue weighted by Crippen LogP contribution is 2.59. The summed E-state index contributed by atoms with van der Waals surface area (Å²) < 4.78 is 29.9. The number of phosphoric acid groups is 1. The second kappa shape index (κ2) is 7.77. The Hall–Kier alpha value is -0.220. The summed E-state index contributed by atoms with van der Waals surface area (Å²) in [5, 5.41) is 0. The Balaban J connectivity index is 2.96. The van der Waals surface area contributed by atoms with Gasteiger partial charge in [-0.1, -0.05) is 48.5 Å². The SMILES string of the molecule is CCC(=O)CCC(OP1(=O)OCC(C)(C)CO1)(C(C)C)C(C)C. The Morgan fingerprint density at radius 3 is 2.04 bits per heavy atom. The molecule has 0 aromatic heterocycles. The summed E-state index contributed by atoms with van der Waals surface area (Å²) in [5.74, 6) is 0.351. The molecule has 6 heteroatoms. The quantitative estimate of drug-likeness (QED) is 0.578. The summed E-state index contributed by atoms with van der Waals surface area (Å²) in [5.41, 5.74) is -0.879. The molecule has 1 heterocycles. The van der Waals surface area contributed by atoms with Crippen LogP contribution in [0.1, 0.15) is 67.7 Å². The van der Waals surface area contributed by atoms with Gasteiger partial charge >= 0.3 is 7.82 Å². The van der Waals surface area contributed by atoms with Gasteiger partial charge in [0.05, 0.1) is 18.8 Å². The fourth-order valence-corrected chi connectivity index (χ4v) is 4.98. The fraction of sp³-hybridized carbons (Fsp3) is 0.941. The lowest BCUT2D eigenvalue weighted by Crippen LogP contribution is -2.44. The molecule has 5 nitrogen and oxygen atoms in total. The summed E-state index contributed by atoms with van der Waals surface area (Å²) in [4.78, 5) is 11.8. The van der Waals surface area contributed by atoms with Gasteiger partial charge in [0.1, 0.15) is 5.78 Å². The van der Waals surface area contributed by atoms with E-state index >= 15 is 0 Å². The smallest absolute Gasteiger partial charge is 0.300 e. The standard InChI is InChI=1S/C17H33O5P/c1-8-15(18)9-10-17(13(2)3,14(4)5)22-23(19)20-11-16(6,7)12-21-23/h13-14H,8-12H2,1-7H3. The van der Waals surface area contributed by atoms with Crippen LogP contribution in [0.3, 0.4) is 0 Å². The van der Waals surface area contributed by atoms with Crippen molar-refractivity contribution in [3.05, 3.63) is 0 Å². The number of phosphoric ester groups is 1. The van der Waals surface area contributed by atoms with Crippen LogP contribution in [-0.4, -0.2) is 24.6 Å². The number of rotatable bonds is 8. The number of hydrogen-bond acceptors (Lipinski definition) is 5. The minimum absolute atomic E-state index is 0.0834. The van der Waals surface area contributed by atoms with E-state index in [2.05, 4.69) is 0 Å². The predicted molar refractivity (Wildman–Crippen MR) is 91.3 cm³/mol. The van der Waals surface area contributed by atoms with E-state index in [1.165, 1.54) is 0 Å². The average Bonchev–Trinajstić information content (AvgIpc) is 2.46. The molecule has 1 fully saturated rings. The van der Waals surface area contributed by atoms with Gasteiger partial charge < -0.3 is 0 Å². The molecule has 1 aliphatic heterocycles. The normalized spacial score (nSPS) is 20.9. The van der Waals surface area contributed by atoms with Crippen LogP contribution in [0.2, 0.25) is 0 Å². The minimum Gasteiger partial charge on any atom is -0.300 e. The molecule has 0 aliphatic carbocycles. The highest BCUT2D eigenvalue weighted by atomic mass is 31.2. The number of ketones is 1. The molecular formula is C17H33O5P.